The van der Waals surface area contributed by atoms with E-state index in [2.05, 4.69) is 46.8 Å². The molecule has 27 heavy (non-hydrogen) atoms. The minimum Gasteiger partial charge on any atom is -0.0883 e. The molecule has 0 amide bonds. The smallest absolute Gasteiger partial charge is 0.0263 e. The van der Waals surface area contributed by atoms with Crippen LogP contribution in [0.2, 0.25) is 0 Å². The maximum atomic E-state index is 2.73. The van der Waals surface area contributed by atoms with Gasteiger partial charge in [-0.2, -0.15) is 0 Å². The molecule has 4 saturated carbocycles. The van der Waals surface area contributed by atoms with Crippen LogP contribution in [0.4, 0.5) is 0 Å². The molecule has 0 bridgehead atoms. The Hall–Kier alpha value is -0.260. The van der Waals surface area contributed by atoms with Crippen LogP contribution in [-0.2, 0) is 0 Å². The van der Waals surface area contributed by atoms with Crippen molar-refractivity contribution in [2.45, 2.75) is 105 Å². The molecule has 0 aliphatic heterocycles. The van der Waals surface area contributed by atoms with Crippen molar-refractivity contribution in [2.75, 3.05) is 0 Å². The van der Waals surface area contributed by atoms with Crippen molar-refractivity contribution in [3.8, 4) is 0 Å². The van der Waals surface area contributed by atoms with E-state index in [0.717, 1.165) is 41.4 Å². The SMILES string of the molecule is CC(C)C/C=C/CC1CCC2C3CCC4C[C@@H](C)CC[C@]4(C)C3CCC12C. The standard InChI is InChI=1S/C27H46/c1-19(2)8-6-7-9-21-11-13-24-23-12-10-22-18-20(3)14-16-27(22,5)25(23)15-17-26(21,24)4/h6-7,19-25H,8-18H2,1-5H3/b7-6+/t20-,21?,22?,23?,24?,25?,26?,27-/m0/s1. The molecule has 4 aliphatic rings. The largest absolute Gasteiger partial charge is 0.0883 e. The van der Waals surface area contributed by atoms with Crippen molar-refractivity contribution in [1.82, 2.24) is 0 Å². The third-order valence-electron chi connectivity index (χ3n) is 10.3. The average Bonchev–Trinajstić information content (AvgIpc) is 2.96. The van der Waals surface area contributed by atoms with Gasteiger partial charge in [0, 0.05) is 0 Å². The molecule has 4 rings (SSSR count). The van der Waals surface area contributed by atoms with E-state index < -0.39 is 0 Å². The lowest BCUT2D eigenvalue weighted by Gasteiger charge is -2.61. The predicted octanol–water partition coefficient (Wildman–Crippen LogP) is 8.27. The number of fused-ring (bicyclic) bond motifs is 5. The van der Waals surface area contributed by atoms with Crippen LogP contribution in [0.5, 0.6) is 0 Å². The van der Waals surface area contributed by atoms with Gasteiger partial charge in [-0.3, -0.25) is 0 Å². The van der Waals surface area contributed by atoms with E-state index in [1.807, 2.05) is 0 Å². The zero-order valence-electron chi connectivity index (χ0n) is 19.0. The molecule has 0 nitrogen and oxygen atoms in total. The summed E-state index contributed by atoms with van der Waals surface area (Å²) in [7, 11) is 0. The highest BCUT2D eigenvalue weighted by Crippen LogP contribution is 2.68. The fourth-order valence-electron chi connectivity index (χ4n) is 8.60. The topological polar surface area (TPSA) is 0 Å². The molecule has 0 heteroatoms. The maximum absolute atomic E-state index is 2.73. The Kier molecular flexibility index (Phi) is 5.59. The Morgan fingerprint density at radius 1 is 0.852 bits per heavy atom. The second-order valence-electron chi connectivity index (χ2n) is 12.2. The van der Waals surface area contributed by atoms with Gasteiger partial charge in [0.05, 0.1) is 0 Å². The Balaban J connectivity index is 1.46. The molecule has 0 aromatic rings. The summed E-state index contributed by atoms with van der Waals surface area (Å²) in [5, 5.41) is 0. The lowest BCUT2D eigenvalue weighted by atomic mass is 9.44. The fraction of sp³-hybridized carbons (Fsp3) is 0.926. The molecule has 0 aromatic heterocycles. The van der Waals surface area contributed by atoms with Gasteiger partial charge in [-0.1, -0.05) is 53.2 Å². The summed E-state index contributed by atoms with van der Waals surface area (Å²) in [6.07, 6.45) is 21.4. The molecule has 0 spiro atoms. The van der Waals surface area contributed by atoms with Gasteiger partial charge in [-0.15, -0.1) is 0 Å². The summed E-state index contributed by atoms with van der Waals surface area (Å²) < 4.78 is 0. The highest BCUT2D eigenvalue weighted by Gasteiger charge is 2.59. The second-order valence-corrected chi connectivity index (χ2v) is 12.2. The Bertz CT molecular complexity index is 544. The van der Waals surface area contributed by atoms with E-state index in [1.165, 1.54) is 51.4 Å². The molecule has 0 aromatic carbocycles. The minimum atomic E-state index is 0.647. The van der Waals surface area contributed by atoms with E-state index in [0.29, 0.717) is 10.8 Å². The Morgan fingerprint density at radius 3 is 2.37 bits per heavy atom. The lowest BCUT2D eigenvalue weighted by Crippen LogP contribution is -2.53. The molecule has 0 saturated heterocycles. The van der Waals surface area contributed by atoms with E-state index in [4.69, 9.17) is 0 Å². The van der Waals surface area contributed by atoms with Gasteiger partial charge in [0.1, 0.15) is 0 Å². The van der Waals surface area contributed by atoms with Crippen molar-refractivity contribution in [1.29, 1.82) is 0 Å². The van der Waals surface area contributed by atoms with Gasteiger partial charge in [0.25, 0.3) is 0 Å². The first-order valence-corrected chi connectivity index (χ1v) is 12.5. The summed E-state index contributed by atoms with van der Waals surface area (Å²) in [5.74, 6) is 6.95. The first-order chi connectivity index (χ1) is 12.8. The minimum absolute atomic E-state index is 0.647. The van der Waals surface area contributed by atoms with Crippen molar-refractivity contribution < 1.29 is 0 Å². The van der Waals surface area contributed by atoms with E-state index in [9.17, 15) is 0 Å². The summed E-state index contributed by atoms with van der Waals surface area (Å²) in [6.45, 7) is 12.6. The third kappa shape index (κ3) is 3.46. The molecule has 8 atom stereocenters. The molecule has 6 unspecified atom stereocenters. The van der Waals surface area contributed by atoms with E-state index >= 15 is 0 Å². The van der Waals surface area contributed by atoms with Gasteiger partial charge >= 0.3 is 0 Å². The number of hydrogen-bond acceptors (Lipinski definition) is 0. The first kappa shape index (κ1) is 20.0. The zero-order chi connectivity index (χ0) is 19.2. The molecule has 4 fully saturated rings. The molecule has 0 radical (unpaired) electrons. The van der Waals surface area contributed by atoms with Crippen LogP contribution in [0.25, 0.3) is 0 Å². The first-order valence-electron chi connectivity index (χ1n) is 12.5. The van der Waals surface area contributed by atoms with Crippen LogP contribution in [0.1, 0.15) is 105 Å². The van der Waals surface area contributed by atoms with Crippen molar-refractivity contribution in [3.05, 3.63) is 12.2 Å². The number of allylic oxidation sites excluding steroid dienone is 2. The number of rotatable bonds is 4. The van der Waals surface area contributed by atoms with Crippen LogP contribution in [0.3, 0.4) is 0 Å². The molecule has 0 heterocycles. The number of hydrogen-bond donors (Lipinski definition) is 0. The second kappa shape index (κ2) is 7.53. The van der Waals surface area contributed by atoms with Crippen LogP contribution >= 0.6 is 0 Å². The third-order valence-corrected chi connectivity index (χ3v) is 10.3. The van der Waals surface area contributed by atoms with Gasteiger partial charge in [0.15, 0.2) is 0 Å². The molecular weight excluding hydrogens is 324 g/mol. The van der Waals surface area contributed by atoms with Gasteiger partial charge in [-0.05, 0) is 116 Å². The van der Waals surface area contributed by atoms with Crippen molar-refractivity contribution in [3.63, 3.8) is 0 Å². The van der Waals surface area contributed by atoms with Crippen LogP contribution < -0.4 is 0 Å². The summed E-state index contributed by atoms with van der Waals surface area (Å²) in [4.78, 5) is 0. The Labute approximate surface area is 170 Å². The quantitative estimate of drug-likeness (QED) is 0.437. The average molecular weight is 371 g/mol. The van der Waals surface area contributed by atoms with Crippen LogP contribution in [-0.4, -0.2) is 0 Å². The molecule has 4 aliphatic carbocycles. The zero-order valence-corrected chi connectivity index (χ0v) is 19.0. The highest BCUT2D eigenvalue weighted by molar-refractivity contribution is 5.09. The Morgan fingerprint density at radius 2 is 1.59 bits per heavy atom. The van der Waals surface area contributed by atoms with E-state index in [1.54, 1.807) is 19.3 Å². The van der Waals surface area contributed by atoms with Crippen molar-refractivity contribution in [2.24, 2.45) is 52.3 Å². The van der Waals surface area contributed by atoms with Crippen LogP contribution in [0.15, 0.2) is 12.2 Å². The lowest BCUT2D eigenvalue weighted by molar-refractivity contribution is -0.116. The van der Waals surface area contributed by atoms with Gasteiger partial charge in [0.2, 0.25) is 0 Å². The summed E-state index contributed by atoms with van der Waals surface area (Å²) in [6, 6.07) is 0. The molecule has 0 N–H and O–H groups in total. The van der Waals surface area contributed by atoms with Gasteiger partial charge < -0.3 is 0 Å². The van der Waals surface area contributed by atoms with E-state index in [-0.39, 0.29) is 0 Å². The van der Waals surface area contributed by atoms with Gasteiger partial charge in [-0.25, -0.2) is 0 Å². The molecular formula is C27H46. The monoisotopic (exact) mass is 370 g/mol. The van der Waals surface area contributed by atoms with Crippen molar-refractivity contribution >= 4 is 0 Å². The summed E-state index contributed by atoms with van der Waals surface area (Å²) >= 11 is 0. The highest BCUT2D eigenvalue weighted by atomic mass is 14.6. The van der Waals surface area contributed by atoms with Crippen LogP contribution in [0, 0.1) is 52.3 Å². The maximum Gasteiger partial charge on any atom is -0.0263 e. The normalized spacial score (nSPS) is 49.9. The molecule has 154 valence electrons. The fourth-order valence-corrected chi connectivity index (χ4v) is 8.60. The predicted molar refractivity (Wildman–Crippen MR) is 118 cm³/mol. The summed E-state index contributed by atoms with van der Waals surface area (Å²) in [5.41, 5.74) is 1.33.